The predicted octanol–water partition coefficient (Wildman–Crippen LogP) is 3.23. The molecule has 3 heteroatoms. The molecule has 0 radical (unpaired) electrons. The van der Waals surface area contributed by atoms with Crippen LogP contribution in [0.5, 0.6) is 5.75 Å². The standard InChI is InChI=1S/C16H20N2O/c1-12-4-7-14(8-5-12)18(2)16-10-15(19-3)9-6-13(16)11-17/h4-10H,11,17H2,1-3H3. The average Bonchev–Trinajstić information content (AvgIpc) is 2.46. The van der Waals surface area contributed by atoms with Crippen LogP contribution in [0.1, 0.15) is 11.1 Å². The van der Waals surface area contributed by atoms with E-state index in [-0.39, 0.29) is 0 Å². The molecule has 0 aliphatic heterocycles. The Hall–Kier alpha value is -2.00. The second-order valence-corrected chi connectivity index (χ2v) is 4.59. The van der Waals surface area contributed by atoms with Crippen molar-refractivity contribution in [3.05, 3.63) is 53.6 Å². The summed E-state index contributed by atoms with van der Waals surface area (Å²) in [6.45, 7) is 2.59. The monoisotopic (exact) mass is 256 g/mol. The van der Waals surface area contributed by atoms with Crippen molar-refractivity contribution in [3.8, 4) is 5.75 Å². The highest BCUT2D eigenvalue weighted by Crippen LogP contribution is 2.30. The summed E-state index contributed by atoms with van der Waals surface area (Å²) < 4.78 is 5.29. The highest BCUT2D eigenvalue weighted by Gasteiger charge is 2.09. The average molecular weight is 256 g/mol. The molecule has 0 atom stereocenters. The first-order chi connectivity index (χ1) is 9.15. The van der Waals surface area contributed by atoms with Gasteiger partial charge in [0.05, 0.1) is 7.11 Å². The summed E-state index contributed by atoms with van der Waals surface area (Å²) in [5.41, 5.74) is 10.4. The van der Waals surface area contributed by atoms with Gasteiger partial charge in [-0.2, -0.15) is 0 Å². The molecule has 0 saturated carbocycles. The van der Waals surface area contributed by atoms with Crippen molar-refractivity contribution in [2.45, 2.75) is 13.5 Å². The van der Waals surface area contributed by atoms with Crippen LogP contribution in [0.15, 0.2) is 42.5 Å². The summed E-state index contributed by atoms with van der Waals surface area (Å²) >= 11 is 0. The van der Waals surface area contributed by atoms with E-state index in [1.165, 1.54) is 5.56 Å². The zero-order valence-electron chi connectivity index (χ0n) is 11.7. The van der Waals surface area contributed by atoms with E-state index in [9.17, 15) is 0 Å². The van der Waals surface area contributed by atoms with Crippen LogP contribution in [0, 0.1) is 6.92 Å². The lowest BCUT2D eigenvalue weighted by molar-refractivity contribution is 0.415. The second-order valence-electron chi connectivity index (χ2n) is 4.59. The van der Waals surface area contributed by atoms with Gasteiger partial charge in [0, 0.05) is 31.0 Å². The Bertz CT molecular complexity index is 549. The van der Waals surface area contributed by atoms with Crippen LogP contribution in [0.2, 0.25) is 0 Å². The summed E-state index contributed by atoms with van der Waals surface area (Å²) in [5.74, 6) is 0.839. The van der Waals surface area contributed by atoms with E-state index >= 15 is 0 Å². The quantitative estimate of drug-likeness (QED) is 0.912. The zero-order valence-corrected chi connectivity index (χ0v) is 11.7. The largest absolute Gasteiger partial charge is 0.497 e. The number of anilines is 2. The molecule has 0 amide bonds. The fourth-order valence-electron chi connectivity index (χ4n) is 2.06. The molecule has 19 heavy (non-hydrogen) atoms. The Morgan fingerprint density at radius 3 is 2.37 bits per heavy atom. The van der Waals surface area contributed by atoms with Crippen LogP contribution >= 0.6 is 0 Å². The number of nitrogens with two attached hydrogens (primary N) is 1. The SMILES string of the molecule is COc1ccc(CN)c(N(C)c2ccc(C)cc2)c1. The van der Waals surface area contributed by atoms with E-state index < -0.39 is 0 Å². The lowest BCUT2D eigenvalue weighted by Gasteiger charge is -2.23. The molecule has 0 fully saturated rings. The summed E-state index contributed by atoms with van der Waals surface area (Å²) in [7, 11) is 3.71. The zero-order chi connectivity index (χ0) is 13.8. The highest BCUT2D eigenvalue weighted by molar-refractivity contribution is 5.67. The minimum Gasteiger partial charge on any atom is -0.497 e. The normalized spacial score (nSPS) is 10.3. The summed E-state index contributed by atoms with van der Waals surface area (Å²) in [5, 5.41) is 0. The smallest absolute Gasteiger partial charge is 0.120 e. The van der Waals surface area contributed by atoms with Crippen molar-refractivity contribution in [1.82, 2.24) is 0 Å². The third-order valence-electron chi connectivity index (χ3n) is 3.30. The van der Waals surface area contributed by atoms with E-state index in [2.05, 4.69) is 36.1 Å². The van der Waals surface area contributed by atoms with Crippen LogP contribution in [-0.4, -0.2) is 14.2 Å². The minimum absolute atomic E-state index is 0.509. The number of ether oxygens (including phenoxy) is 1. The van der Waals surface area contributed by atoms with E-state index in [1.54, 1.807) is 7.11 Å². The Morgan fingerprint density at radius 1 is 1.11 bits per heavy atom. The van der Waals surface area contributed by atoms with Crippen LogP contribution < -0.4 is 15.4 Å². The number of hydrogen-bond donors (Lipinski definition) is 1. The fraction of sp³-hybridized carbons (Fsp3) is 0.250. The molecule has 0 aromatic heterocycles. The van der Waals surface area contributed by atoms with Gasteiger partial charge in [0.15, 0.2) is 0 Å². The van der Waals surface area contributed by atoms with E-state index in [1.807, 2.05) is 25.2 Å². The molecular weight excluding hydrogens is 236 g/mol. The van der Waals surface area contributed by atoms with Gasteiger partial charge in [-0.05, 0) is 30.7 Å². The Balaban J connectivity index is 2.41. The Morgan fingerprint density at radius 2 is 1.79 bits per heavy atom. The van der Waals surface area contributed by atoms with Gasteiger partial charge in [0.1, 0.15) is 5.75 Å². The van der Waals surface area contributed by atoms with Gasteiger partial charge in [0.2, 0.25) is 0 Å². The molecule has 0 aliphatic carbocycles. The Labute approximate surface area is 114 Å². The van der Waals surface area contributed by atoms with Crippen LogP contribution in [0.3, 0.4) is 0 Å². The molecule has 0 bridgehead atoms. The first-order valence-electron chi connectivity index (χ1n) is 6.33. The van der Waals surface area contributed by atoms with Crippen molar-refractivity contribution >= 4 is 11.4 Å². The maximum absolute atomic E-state index is 5.81. The molecule has 0 saturated heterocycles. The van der Waals surface area contributed by atoms with Crippen LogP contribution in [0.4, 0.5) is 11.4 Å². The summed E-state index contributed by atoms with van der Waals surface area (Å²) in [6.07, 6.45) is 0. The molecule has 2 rings (SSSR count). The number of hydrogen-bond acceptors (Lipinski definition) is 3. The molecular formula is C16H20N2O. The second kappa shape index (κ2) is 5.76. The molecule has 0 spiro atoms. The molecule has 2 aromatic carbocycles. The van der Waals surface area contributed by atoms with Gasteiger partial charge in [-0.3, -0.25) is 0 Å². The Kier molecular flexibility index (Phi) is 4.07. The number of aryl methyl sites for hydroxylation is 1. The van der Waals surface area contributed by atoms with Gasteiger partial charge in [-0.15, -0.1) is 0 Å². The van der Waals surface area contributed by atoms with Crippen LogP contribution in [0.25, 0.3) is 0 Å². The molecule has 100 valence electrons. The van der Waals surface area contributed by atoms with E-state index in [0.717, 1.165) is 22.7 Å². The first-order valence-corrected chi connectivity index (χ1v) is 6.33. The third kappa shape index (κ3) is 2.88. The van der Waals surface area contributed by atoms with Crippen molar-refractivity contribution in [3.63, 3.8) is 0 Å². The number of nitrogens with zero attached hydrogens (tertiary/aromatic N) is 1. The third-order valence-corrected chi connectivity index (χ3v) is 3.30. The lowest BCUT2D eigenvalue weighted by Crippen LogP contribution is -2.13. The van der Waals surface area contributed by atoms with Crippen molar-refractivity contribution in [1.29, 1.82) is 0 Å². The van der Waals surface area contributed by atoms with Crippen molar-refractivity contribution < 1.29 is 4.74 Å². The number of rotatable bonds is 4. The fourth-order valence-corrected chi connectivity index (χ4v) is 2.06. The van der Waals surface area contributed by atoms with Gasteiger partial charge in [-0.25, -0.2) is 0 Å². The highest BCUT2D eigenvalue weighted by atomic mass is 16.5. The minimum atomic E-state index is 0.509. The topological polar surface area (TPSA) is 38.5 Å². The van der Waals surface area contributed by atoms with Gasteiger partial charge in [0.25, 0.3) is 0 Å². The van der Waals surface area contributed by atoms with Crippen LogP contribution in [-0.2, 0) is 6.54 Å². The van der Waals surface area contributed by atoms with Crippen molar-refractivity contribution in [2.75, 3.05) is 19.1 Å². The number of benzene rings is 2. The van der Waals surface area contributed by atoms with Gasteiger partial charge < -0.3 is 15.4 Å². The van der Waals surface area contributed by atoms with Gasteiger partial charge in [-0.1, -0.05) is 23.8 Å². The van der Waals surface area contributed by atoms with E-state index in [0.29, 0.717) is 6.54 Å². The van der Waals surface area contributed by atoms with Crippen molar-refractivity contribution in [2.24, 2.45) is 5.73 Å². The maximum Gasteiger partial charge on any atom is 0.120 e. The first kappa shape index (κ1) is 13.4. The maximum atomic E-state index is 5.81. The van der Waals surface area contributed by atoms with Gasteiger partial charge >= 0.3 is 0 Å². The molecule has 3 nitrogen and oxygen atoms in total. The molecule has 2 aromatic rings. The molecule has 2 N–H and O–H groups in total. The summed E-state index contributed by atoms with van der Waals surface area (Å²) in [6, 6.07) is 14.4. The molecule has 0 aliphatic rings. The lowest BCUT2D eigenvalue weighted by atomic mass is 10.1. The van der Waals surface area contributed by atoms with E-state index in [4.69, 9.17) is 10.5 Å². The number of methoxy groups -OCH3 is 1. The summed E-state index contributed by atoms with van der Waals surface area (Å²) in [4.78, 5) is 2.13. The predicted molar refractivity (Wildman–Crippen MR) is 80.1 cm³/mol. The molecule has 0 unspecified atom stereocenters. The molecule has 0 heterocycles.